The first-order valence-corrected chi connectivity index (χ1v) is 8.72. The maximum absolute atomic E-state index is 12.4. The highest BCUT2D eigenvalue weighted by atomic mass is 35.5. The van der Waals surface area contributed by atoms with Crippen molar-refractivity contribution >= 4 is 23.3 Å². The third-order valence-corrected chi connectivity index (χ3v) is 4.42. The number of hydrogen-bond acceptors (Lipinski definition) is 4. The maximum Gasteiger partial charge on any atom is 0.319 e. The molecule has 6 nitrogen and oxygen atoms in total. The largest absolute Gasteiger partial charge is 0.497 e. The summed E-state index contributed by atoms with van der Waals surface area (Å²) in [7, 11) is 1.61. The number of halogens is 1. The van der Waals surface area contributed by atoms with E-state index in [4.69, 9.17) is 21.1 Å². The number of aromatic nitrogens is 1. The number of amides is 2. The molecular formula is C19H24ClN3O3. The Bertz CT molecular complexity index is 769. The highest BCUT2D eigenvalue weighted by Gasteiger charge is 2.26. The van der Waals surface area contributed by atoms with Crippen molar-refractivity contribution in [3.8, 4) is 11.6 Å². The zero-order valence-electron chi connectivity index (χ0n) is 15.4. The van der Waals surface area contributed by atoms with E-state index >= 15 is 0 Å². The Morgan fingerprint density at radius 3 is 2.73 bits per heavy atom. The Hall–Kier alpha value is -2.47. The summed E-state index contributed by atoms with van der Waals surface area (Å²) in [5, 5.41) is 6.25. The number of urea groups is 1. The maximum atomic E-state index is 12.4. The Labute approximate surface area is 158 Å². The van der Waals surface area contributed by atoms with Crippen molar-refractivity contribution in [2.45, 2.75) is 32.7 Å². The Kier molecular flexibility index (Phi) is 6.69. The number of carbonyl (C=O) groups excluding carboxylic acids is 1. The van der Waals surface area contributed by atoms with E-state index in [1.807, 2.05) is 26.8 Å². The number of nitrogens with zero attached hydrogens (tertiary/aromatic N) is 1. The van der Waals surface area contributed by atoms with Gasteiger partial charge in [-0.1, -0.05) is 18.5 Å². The average Bonchev–Trinajstić information content (AvgIpc) is 2.62. The van der Waals surface area contributed by atoms with Crippen LogP contribution in [-0.4, -0.2) is 30.3 Å². The minimum absolute atomic E-state index is 0.245. The van der Waals surface area contributed by atoms with Gasteiger partial charge in [-0.2, -0.15) is 0 Å². The molecule has 0 spiro atoms. The number of methoxy groups -OCH3 is 1. The molecule has 0 saturated heterocycles. The first-order valence-electron chi connectivity index (χ1n) is 8.34. The summed E-state index contributed by atoms with van der Waals surface area (Å²) in [4.78, 5) is 16.5. The molecule has 2 N–H and O–H groups in total. The Morgan fingerprint density at radius 2 is 2.12 bits per heavy atom. The quantitative estimate of drug-likeness (QED) is 0.749. The molecule has 0 aliphatic rings. The number of aryl methyl sites for hydroxylation is 1. The molecule has 140 valence electrons. The van der Waals surface area contributed by atoms with Crippen LogP contribution in [0, 0.1) is 6.92 Å². The minimum Gasteiger partial charge on any atom is -0.497 e. The normalized spacial score (nSPS) is 12.8. The number of anilines is 1. The lowest BCUT2D eigenvalue weighted by Crippen LogP contribution is -2.51. The van der Waals surface area contributed by atoms with Gasteiger partial charge in [0.2, 0.25) is 5.88 Å². The number of hydrogen-bond donors (Lipinski definition) is 2. The molecule has 2 aromatic rings. The second-order valence-corrected chi connectivity index (χ2v) is 6.66. The summed E-state index contributed by atoms with van der Waals surface area (Å²) in [6, 6.07) is 8.60. The van der Waals surface area contributed by atoms with Gasteiger partial charge in [-0.3, -0.25) is 0 Å². The molecule has 1 atom stereocenters. The number of pyridine rings is 1. The fourth-order valence-corrected chi connectivity index (χ4v) is 2.44. The number of carbonyl (C=O) groups is 1. The van der Waals surface area contributed by atoms with Gasteiger partial charge >= 0.3 is 6.03 Å². The molecule has 1 heterocycles. The molecule has 2 amide bonds. The molecule has 0 bridgehead atoms. The van der Waals surface area contributed by atoms with Crippen LogP contribution in [0.1, 0.15) is 25.8 Å². The molecule has 26 heavy (non-hydrogen) atoms. The second kappa shape index (κ2) is 8.76. The molecule has 0 radical (unpaired) electrons. The molecule has 1 aromatic carbocycles. The van der Waals surface area contributed by atoms with Gasteiger partial charge in [0.05, 0.1) is 12.6 Å². The van der Waals surface area contributed by atoms with Gasteiger partial charge in [-0.25, -0.2) is 9.78 Å². The third kappa shape index (κ3) is 5.26. The second-order valence-electron chi connectivity index (χ2n) is 6.25. The van der Waals surface area contributed by atoms with Crippen LogP contribution in [0.4, 0.5) is 10.5 Å². The first kappa shape index (κ1) is 19.8. The van der Waals surface area contributed by atoms with E-state index in [-0.39, 0.29) is 12.6 Å². The lowest BCUT2D eigenvalue weighted by molar-refractivity contribution is 0.183. The number of ether oxygens (including phenoxy) is 2. The third-order valence-electron chi connectivity index (χ3n) is 4.13. The predicted molar refractivity (Wildman–Crippen MR) is 103 cm³/mol. The molecule has 0 aliphatic carbocycles. The van der Waals surface area contributed by atoms with Crippen molar-refractivity contribution in [3.05, 3.63) is 47.1 Å². The van der Waals surface area contributed by atoms with Crippen LogP contribution in [0.3, 0.4) is 0 Å². The average molecular weight is 378 g/mol. The number of benzene rings is 1. The fourth-order valence-electron chi connectivity index (χ4n) is 2.26. The van der Waals surface area contributed by atoms with E-state index in [1.54, 1.807) is 37.6 Å². The Morgan fingerprint density at radius 1 is 1.35 bits per heavy atom. The monoisotopic (exact) mass is 377 g/mol. The molecule has 0 fully saturated rings. The summed E-state index contributed by atoms with van der Waals surface area (Å²) in [6.07, 6.45) is 2.28. The minimum atomic E-state index is -0.578. The molecular weight excluding hydrogens is 354 g/mol. The summed E-state index contributed by atoms with van der Waals surface area (Å²) in [6.45, 7) is 6.03. The Balaban J connectivity index is 1.99. The molecule has 0 saturated carbocycles. The highest BCUT2D eigenvalue weighted by molar-refractivity contribution is 6.31. The van der Waals surface area contributed by atoms with Crippen LogP contribution in [0.25, 0.3) is 0 Å². The van der Waals surface area contributed by atoms with Crippen molar-refractivity contribution in [2.75, 3.05) is 19.0 Å². The molecule has 2 rings (SSSR count). The smallest absolute Gasteiger partial charge is 0.319 e. The van der Waals surface area contributed by atoms with E-state index in [0.717, 1.165) is 17.0 Å². The van der Waals surface area contributed by atoms with E-state index in [2.05, 4.69) is 15.6 Å². The van der Waals surface area contributed by atoms with Crippen LogP contribution >= 0.6 is 11.6 Å². The zero-order chi connectivity index (χ0) is 19.2. The van der Waals surface area contributed by atoms with E-state index in [0.29, 0.717) is 17.3 Å². The fraction of sp³-hybridized carbons (Fsp3) is 0.368. The lowest BCUT2D eigenvalue weighted by atomic mass is 10.0. The van der Waals surface area contributed by atoms with Crippen molar-refractivity contribution in [2.24, 2.45) is 0 Å². The SMILES string of the molecule is CC[C@](C)(COc1ncccc1Cl)NC(=O)Nc1ccc(OC)cc1C. The number of nitrogens with one attached hydrogen (secondary N) is 2. The summed E-state index contributed by atoms with van der Waals surface area (Å²) in [5.41, 5.74) is 1.05. The number of rotatable bonds is 7. The van der Waals surface area contributed by atoms with Crippen molar-refractivity contribution < 1.29 is 14.3 Å². The summed E-state index contributed by atoms with van der Waals surface area (Å²) >= 11 is 6.05. The highest BCUT2D eigenvalue weighted by Crippen LogP contribution is 2.23. The van der Waals surface area contributed by atoms with E-state index in [1.165, 1.54) is 0 Å². The standard InChI is InChI=1S/C19H24ClN3O3/c1-5-19(3,12-26-17-15(20)7-6-10-21-17)23-18(24)22-16-9-8-14(25-4)11-13(16)2/h6-11H,5,12H2,1-4H3,(H2,22,23,24)/t19-/m1/s1. The molecule has 1 aromatic heterocycles. The predicted octanol–water partition coefficient (Wildman–Crippen LogP) is 4.42. The van der Waals surface area contributed by atoms with Gasteiger partial charge in [-0.15, -0.1) is 0 Å². The summed E-state index contributed by atoms with van der Waals surface area (Å²) < 4.78 is 10.9. The summed E-state index contributed by atoms with van der Waals surface area (Å²) in [5.74, 6) is 1.09. The van der Waals surface area contributed by atoms with Gasteiger partial charge in [0.25, 0.3) is 0 Å². The van der Waals surface area contributed by atoms with Gasteiger partial charge in [0.1, 0.15) is 17.4 Å². The van der Waals surface area contributed by atoms with Crippen LogP contribution in [-0.2, 0) is 0 Å². The first-order chi connectivity index (χ1) is 12.4. The molecule has 0 aliphatic heterocycles. The van der Waals surface area contributed by atoms with Crippen molar-refractivity contribution in [1.29, 1.82) is 0 Å². The topological polar surface area (TPSA) is 72.5 Å². The van der Waals surface area contributed by atoms with Crippen LogP contribution in [0.5, 0.6) is 11.6 Å². The zero-order valence-corrected chi connectivity index (χ0v) is 16.2. The molecule has 0 unspecified atom stereocenters. The lowest BCUT2D eigenvalue weighted by Gasteiger charge is -2.29. The van der Waals surface area contributed by atoms with Crippen LogP contribution < -0.4 is 20.1 Å². The van der Waals surface area contributed by atoms with Gasteiger partial charge in [0.15, 0.2) is 0 Å². The van der Waals surface area contributed by atoms with Crippen molar-refractivity contribution in [3.63, 3.8) is 0 Å². The van der Waals surface area contributed by atoms with Gasteiger partial charge < -0.3 is 20.1 Å². The van der Waals surface area contributed by atoms with E-state index in [9.17, 15) is 4.79 Å². The van der Waals surface area contributed by atoms with Crippen LogP contribution in [0.15, 0.2) is 36.5 Å². The van der Waals surface area contributed by atoms with Crippen molar-refractivity contribution in [1.82, 2.24) is 10.3 Å². The van der Waals surface area contributed by atoms with Gasteiger partial charge in [-0.05, 0) is 56.2 Å². The molecule has 7 heteroatoms. The van der Waals surface area contributed by atoms with E-state index < -0.39 is 5.54 Å². The van der Waals surface area contributed by atoms with Gasteiger partial charge in [0, 0.05) is 11.9 Å². The van der Waals surface area contributed by atoms with Crippen LogP contribution in [0.2, 0.25) is 5.02 Å².